The quantitative estimate of drug-likeness (QED) is 0.624. The molecule has 1 aromatic carbocycles. The minimum absolute atomic E-state index is 0.233. The summed E-state index contributed by atoms with van der Waals surface area (Å²) in [6.07, 6.45) is -4.41. The second kappa shape index (κ2) is 6.97. The van der Waals surface area contributed by atoms with Gasteiger partial charge in [-0.15, -0.1) is 22.7 Å². The van der Waals surface area contributed by atoms with Gasteiger partial charge in [0.05, 0.1) is 12.1 Å². The van der Waals surface area contributed by atoms with Crippen LogP contribution in [0.1, 0.15) is 20.9 Å². The summed E-state index contributed by atoms with van der Waals surface area (Å²) in [4.78, 5) is 19.2. The van der Waals surface area contributed by atoms with Gasteiger partial charge >= 0.3 is 6.18 Å². The number of aromatic nitrogens is 1. The third-order valence-electron chi connectivity index (χ3n) is 3.48. The number of benzene rings is 1. The minimum atomic E-state index is -4.41. The SMILES string of the molecule is CN(Cc1cccs1)C(=O)c1csc(-c2cccc(C(F)(F)F)c2)n1. The molecule has 0 aliphatic rings. The van der Waals surface area contributed by atoms with Crippen molar-refractivity contribution in [1.29, 1.82) is 0 Å². The van der Waals surface area contributed by atoms with Gasteiger partial charge in [-0.25, -0.2) is 4.98 Å². The van der Waals surface area contributed by atoms with Crippen LogP contribution < -0.4 is 0 Å². The predicted octanol–water partition coefficient (Wildman–Crippen LogP) is 5.16. The van der Waals surface area contributed by atoms with Gasteiger partial charge in [-0.05, 0) is 23.6 Å². The van der Waals surface area contributed by atoms with Crippen LogP contribution in [0.25, 0.3) is 10.6 Å². The van der Waals surface area contributed by atoms with E-state index in [4.69, 9.17) is 0 Å². The summed E-state index contributed by atoms with van der Waals surface area (Å²) in [5.41, 5.74) is -0.154. The molecule has 0 saturated heterocycles. The number of thiophene rings is 1. The summed E-state index contributed by atoms with van der Waals surface area (Å²) in [6.45, 7) is 0.465. The molecule has 0 aliphatic heterocycles. The van der Waals surface area contributed by atoms with E-state index >= 15 is 0 Å². The van der Waals surface area contributed by atoms with Crippen molar-refractivity contribution in [3.8, 4) is 10.6 Å². The molecule has 0 saturated carbocycles. The van der Waals surface area contributed by atoms with Gasteiger partial charge in [0.15, 0.2) is 0 Å². The highest BCUT2D eigenvalue weighted by molar-refractivity contribution is 7.13. The number of hydrogen-bond donors (Lipinski definition) is 0. The Morgan fingerprint density at radius 2 is 2.00 bits per heavy atom. The molecule has 0 fully saturated rings. The van der Waals surface area contributed by atoms with Gasteiger partial charge in [-0.1, -0.05) is 18.2 Å². The number of hydrogen-bond acceptors (Lipinski definition) is 4. The van der Waals surface area contributed by atoms with Crippen molar-refractivity contribution in [2.45, 2.75) is 12.7 Å². The van der Waals surface area contributed by atoms with E-state index in [0.29, 0.717) is 17.1 Å². The third kappa shape index (κ3) is 4.08. The summed E-state index contributed by atoms with van der Waals surface area (Å²) in [7, 11) is 1.67. The van der Waals surface area contributed by atoms with Gasteiger partial charge < -0.3 is 4.90 Å². The molecule has 0 atom stereocenters. The Labute approximate surface area is 150 Å². The van der Waals surface area contributed by atoms with Crippen LogP contribution in [0.2, 0.25) is 0 Å². The fraction of sp³-hybridized carbons (Fsp3) is 0.176. The van der Waals surface area contributed by atoms with E-state index in [-0.39, 0.29) is 11.6 Å². The summed E-state index contributed by atoms with van der Waals surface area (Å²) in [5.74, 6) is -0.261. The molecule has 0 bridgehead atoms. The Balaban J connectivity index is 1.79. The number of nitrogens with zero attached hydrogens (tertiary/aromatic N) is 2. The Kier molecular flexibility index (Phi) is 4.91. The number of carbonyl (C=O) groups excluding carboxylic acids is 1. The average molecular weight is 382 g/mol. The largest absolute Gasteiger partial charge is 0.416 e. The number of alkyl halides is 3. The van der Waals surface area contributed by atoms with Crippen molar-refractivity contribution in [3.63, 3.8) is 0 Å². The van der Waals surface area contributed by atoms with E-state index in [9.17, 15) is 18.0 Å². The summed E-state index contributed by atoms with van der Waals surface area (Å²) in [5, 5.41) is 3.89. The minimum Gasteiger partial charge on any atom is -0.335 e. The molecule has 0 radical (unpaired) electrons. The van der Waals surface area contributed by atoms with E-state index in [2.05, 4.69) is 4.98 Å². The molecule has 25 heavy (non-hydrogen) atoms. The van der Waals surface area contributed by atoms with E-state index in [1.807, 2.05) is 17.5 Å². The van der Waals surface area contributed by atoms with Crippen molar-refractivity contribution in [2.75, 3.05) is 7.05 Å². The molecule has 1 amide bonds. The maximum Gasteiger partial charge on any atom is 0.416 e. The molecule has 3 rings (SSSR count). The number of thiazole rings is 1. The second-order valence-corrected chi connectivity index (χ2v) is 7.25. The monoisotopic (exact) mass is 382 g/mol. The van der Waals surface area contributed by atoms with Crippen LogP contribution in [-0.2, 0) is 12.7 Å². The molecule has 2 aromatic heterocycles. The standard InChI is InChI=1S/C17H13F3N2OS2/c1-22(9-13-6-3-7-24-13)16(23)14-10-25-15(21-14)11-4-2-5-12(8-11)17(18,19)20/h2-8,10H,9H2,1H3. The maximum atomic E-state index is 12.8. The molecule has 8 heteroatoms. The molecular weight excluding hydrogens is 369 g/mol. The predicted molar refractivity (Wildman–Crippen MR) is 92.7 cm³/mol. The van der Waals surface area contributed by atoms with Gasteiger partial charge in [0.1, 0.15) is 10.7 Å². The van der Waals surface area contributed by atoms with Crippen molar-refractivity contribution < 1.29 is 18.0 Å². The molecule has 3 aromatic rings. The lowest BCUT2D eigenvalue weighted by atomic mass is 10.1. The first-order valence-electron chi connectivity index (χ1n) is 7.25. The van der Waals surface area contributed by atoms with E-state index in [1.165, 1.54) is 11.0 Å². The fourth-order valence-corrected chi connectivity index (χ4v) is 3.78. The Hall–Kier alpha value is -2.19. The van der Waals surface area contributed by atoms with E-state index in [0.717, 1.165) is 28.3 Å². The van der Waals surface area contributed by atoms with Crippen LogP contribution in [0.4, 0.5) is 13.2 Å². The van der Waals surface area contributed by atoms with Crippen molar-refractivity contribution >= 4 is 28.6 Å². The van der Waals surface area contributed by atoms with Gasteiger partial charge in [0, 0.05) is 22.9 Å². The van der Waals surface area contributed by atoms with Crippen molar-refractivity contribution in [1.82, 2.24) is 9.88 Å². The smallest absolute Gasteiger partial charge is 0.335 e. The summed E-state index contributed by atoms with van der Waals surface area (Å²) >= 11 is 2.70. The number of rotatable bonds is 4. The van der Waals surface area contributed by atoms with Gasteiger partial charge in [0.2, 0.25) is 0 Å². The van der Waals surface area contributed by atoms with Gasteiger partial charge in [-0.2, -0.15) is 13.2 Å². The second-order valence-electron chi connectivity index (χ2n) is 5.36. The maximum absolute atomic E-state index is 12.8. The third-order valence-corrected chi connectivity index (χ3v) is 5.23. The zero-order valence-corrected chi connectivity index (χ0v) is 14.7. The van der Waals surface area contributed by atoms with Crippen LogP contribution in [0.15, 0.2) is 47.2 Å². The number of halogens is 3. The Bertz CT molecular complexity index is 872. The fourth-order valence-electron chi connectivity index (χ4n) is 2.24. The molecular formula is C17H13F3N2OS2. The Morgan fingerprint density at radius 1 is 1.20 bits per heavy atom. The first kappa shape index (κ1) is 17.6. The lowest BCUT2D eigenvalue weighted by molar-refractivity contribution is -0.137. The number of carbonyl (C=O) groups is 1. The van der Waals surface area contributed by atoms with Gasteiger partial charge in [-0.3, -0.25) is 4.79 Å². The molecule has 130 valence electrons. The van der Waals surface area contributed by atoms with Gasteiger partial charge in [0.25, 0.3) is 5.91 Å². The molecule has 0 spiro atoms. The Morgan fingerprint density at radius 3 is 2.68 bits per heavy atom. The summed E-state index contributed by atoms with van der Waals surface area (Å²) < 4.78 is 38.5. The first-order valence-corrected chi connectivity index (χ1v) is 9.01. The molecule has 0 unspecified atom stereocenters. The molecule has 0 aliphatic carbocycles. The lowest BCUT2D eigenvalue weighted by Crippen LogP contribution is -2.26. The van der Waals surface area contributed by atoms with E-state index in [1.54, 1.807) is 29.8 Å². The highest BCUT2D eigenvalue weighted by atomic mass is 32.1. The zero-order chi connectivity index (χ0) is 18.0. The normalized spacial score (nSPS) is 11.5. The first-order chi connectivity index (χ1) is 11.8. The molecule has 0 N–H and O–H groups in total. The van der Waals surface area contributed by atoms with Crippen molar-refractivity contribution in [2.24, 2.45) is 0 Å². The summed E-state index contributed by atoms with van der Waals surface area (Å²) in [6, 6.07) is 8.79. The topological polar surface area (TPSA) is 33.2 Å². The molecule has 3 nitrogen and oxygen atoms in total. The van der Waals surface area contributed by atoms with Crippen LogP contribution >= 0.6 is 22.7 Å². The van der Waals surface area contributed by atoms with E-state index < -0.39 is 11.7 Å². The van der Waals surface area contributed by atoms with Crippen molar-refractivity contribution in [3.05, 3.63) is 63.3 Å². The highest BCUT2D eigenvalue weighted by Crippen LogP contribution is 2.33. The number of amides is 1. The van der Waals surface area contributed by atoms with Crippen LogP contribution in [0.5, 0.6) is 0 Å². The highest BCUT2D eigenvalue weighted by Gasteiger charge is 2.30. The van der Waals surface area contributed by atoms with Crippen LogP contribution in [0, 0.1) is 0 Å². The zero-order valence-electron chi connectivity index (χ0n) is 13.1. The molecule has 2 heterocycles. The van der Waals surface area contributed by atoms with Crippen LogP contribution in [0.3, 0.4) is 0 Å². The average Bonchev–Trinajstić information content (AvgIpc) is 3.25. The lowest BCUT2D eigenvalue weighted by Gasteiger charge is -2.14. The van der Waals surface area contributed by atoms with Crippen LogP contribution in [-0.4, -0.2) is 22.8 Å².